The molecule has 0 amide bonds. The van der Waals surface area contributed by atoms with Crippen molar-refractivity contribution in [2.24, 2.45) is 0 Å². The molecule has 0 N–H and O–H groups in total. The molecule has 0 aliphatic heterocycles. The normalized spacial score (nSPS) is 19.9. The molecule has 47 heavy (non-hydrogen) atoms. The van der Waals surface area contributed by atoms with Crippen LogP contribution >= 0.6 is 0 Å². The van der Waals surface area contributed by atoms with Crippen LogP contribution in [0.5, 0.6) is 0 Å². The van der Waals surface area contributed by atoms with Crippen LogP contribution in [0.3, 0.4) is 0 Å². The third-order valence-corrected chi connectivity index (χ3v) is 7.78. The molecule has 0 aliphatic rings. The van der Waals surface area contributed by atoms with E-state index in [4.69, 9.17) is 26.3 Å². The summed E-state index contributed by atoms with van der Waals surface area (Å²) in [4.78, 5) is 0. The second-order valence-corrected chi connectivity index (χ2v) is 10.3. The molecule has 0 bridgehead atoms. The Balaban J connectivity index is 1.40. The van der Waals surface area contributed by atoms with Crippen LogP contribution in [-0.4, -0.2) is 0 Å². The highest BCUT2D eigenvalue weighted by Gasteiger charge is 2.18. The fraction of sp³-hybridized carbons (Fsp3) is 0. The van der Waals surface area contributed by atoms with E-state index >= 15 is 0 Å². The topological polar surface area (TPSA) is 13.1 Å². The molecular formula is C46H28O. The van der Waals surface area contributed by atoms with Gasteiger partial charge in [0.15, 0.2) is 0 Å². The van der Waals surface area contributed by atoms with Crippen molar-refractivity contribution in [2.45, 2.75) is 0 Å². The zero-order valence-electron chi connectivity index (χ0n) is 50.5. The lowest BCUT2D eigenvalue weighted by Crippen LogP contribution is -1.91. The Morgan fingerprint density at radius 1 is 0.319 bits per heavy atom. The zero-order chi connectivity index (χ0) is 54.4. The Kier molecular flexibility index (Phi) is 2.37. The van der Waals surface area contributed by atoms with E-state index in [1.54, 1.807) is 0 Å². The van der Waals surface area contributed by atoms with Crippen LogP contribution in [0.4, 0.5) is 0 Å². The molecule has 0 saturated carbocycles. The van der Waals surface area contributed by atoms with Gasteiger partial charge in [0.25, 0.3) is 0 Å². The molecule has 10 aromatic rings. The maximum Gasteiger partial charge on any atom is 0.135 e. The van der Waals surface area contributed by atoms with Crippen molar-refractivity contribution in [3.05, 3.63) is 169 Å². The molecule has 9 aromatic carbocycles. The minimum Gasteiger partial charge on any atom is -0.456 e. The smallest absolute Gasteiger partial charge is 0.135 e. The summed E-state index contributed by atoms with van der Waals surface area (Å²) in [6.45, 7) is 0. The van der Waals surface area contributed by atoms with Gasteiger partial charge in [-0.15, -0.1) is 0 Å². The SMILES string of the molecule is [2H]c1cc2c(c([2H])c1-c1c([2H])c([2H])c(-c3c4c([2H])c([2H])c([2H])c([2H])c4c(-c4c([2H])c([2H])c5oc6c([2H])c([2H])c([2H])c([2H])c6c5c4[2H])c4c([2H])c([2H])c([2H])c([2H])c34)c([2H])c1[2H])c([2H])c([2H])c1c([2H])c([2H])c([2H])c([2H])c12. The van der Waals surface area contributed by atoms with Gasteiger partial charge in [-0.05, 0) is 101 Å². The van der Waals surface area contributed by atoms with Gasteiger partial charge < -0.3 is 4.42 Å². The first-order chi connectivity index (χ1) is 34.6. The molecule has 0 unspecified atom stereocenters. The number of benzene rings is 9. The molecule has 0 spiro atoms. The van der Waals surface area contributed by atoms with Gasteiger partial charge in [0.1, 0.15) is 11.2 Å². The molecule has 1 aromatic heterocycles. The minimum atomic E-state index is -1.05. The summed E-state index contributed by atoms with van der Waals surface area (Å²) in [5.74, 6) is 0. The summed E-state index contributed by atoms with van der Waals surface area (Å²) >= 11 is 0. The maximum absolute atomic E-state index is 9.63. The third-order valence-electron chi connectivity index (χ3n) is 7.78. The molecule has 1 nitrogen and oxygen atoms in total. The van der Waals surface area contributed by atoms with Crippen molar-refractivity contribution < 1.29 is 41.4 Å². The van der Waals surface area contributed by atoms with Crippen LogP contribution in [0.25, 0.3) is 98.4 Å². The van der Waals surface area contributed by atoms with Crippen molar-refractivity contribution in [1.82, 2.24) is 0 Å². The van der Waals surface area contributed by atoms with Crippen LogP contribution in [0.15, 0.2) is 174 Å². The van der Waals surface area contributed by atoms with Gasteiger partial charge in [-0.3, -0.25) is 0 Å². The summed E-state index contributed by atoms with van der Waals surface area (Å²) in [5, 5.41) is -5.05. The van der Waals surface area contributed by atoms with E-state index in [-0.39, 0.29) is 16.2 Å². The summed E-state index contributed by atoms with van der Waals surface area (Å²) in [7, 11) is 0. The molecule has 1 heterocycles. The average Bonchev–Trinajstić information content (AvgIpc) is 3.78. The Bertz CT molecular complexity index is 4280. The monoisotopic (exact) mass is 623 g/mol. The Morgan fingerprint density at radius 3 is 1.57 bits per heavy atom. The van der Waals surface area contributed by atoms with Gasteiger partial charge >= 0.3 is 0 Å². The molecule has 10 rings (SSSR count). The number of hydrogen-bond donors (Lipinski definition) is 0. The molecule has 0 aliphatic carbocycles. The van der Waals surface area contributed by atoms with Crippen molar-refractivity contribution in [3.63, 3.8) is 0 Å². The predicted octanol–water partition coefficient (Wildman–Crippen LogP) is 13.2. The van der Waals surface area contributed by atoms with E-state index in [1.807, 2.05) is 0 Å². The van der Waals surface area contributed by atoms with Crippen molar-refractivity contribution >= 4 is 65.0 Å². The highest BCUT2D eigenvalue weighted by molar-refractivity contribution is 6.22. The molecule has 1 heteroatoms. The molecular weight excluding hydrogens is 569 g/mol. The van der Waals surface area contributed by atoms with Crippen molar-refractivity contribution in [2.75, 3.05) is 0 Å². The minimum absolute atomic E-state index is 0.228. The molecule has 0 radical (unpaired) electrons. The zero-order valence-corrected chi connectivity index (χ0v) is 23.5. The maximum atomic E-state index is 9.63. The fourth-order valence-electron chi connectivity index (χ4n) is 5.72. The van der Waals surface area contributed by atoms with Crippen LogP contribution in [0, 0.1) is 0 Å². The number of para-hydroxylation sites is 1. The van der Waals surface area contributed by atoms with Crippen LogP contribution in [0.1, 0.15) is 37.0 Å². The van der Waals surface area contributed by atoms with E-state index in [2.05, 4.69) is 0 Å². The van der Waals surface area contributed by atoms with E-state index in [0.29, 0.717) is 0 Å². The van der Waals surface area contributed by atoms with Gasteiger partial charge in [-0.25, -0.2) is 0 Å². The number of furan rings is 1. The second kappa shape index (κ2) is 10.2. The Labute approximate surface area is 309 Å². The van der Waals surface area contributed by atoms with Gasteiger partial charge in [0.05, 0.1) is 37.0 Å². The third kappa shape index (κ3) is 4.03. The number of fused-ring (bicyclic) bond motifs is 8. The first-order valence-corrected chi connectivity index (χ1v) is 14.0. The number of hydrogen-bond acceptors (Lipinski definition) is 1. The van der Waals surface area contributed by atoms with Crippen molar-refractivity contribution in [1.29, 1.82) is 0 Å². The Hall–Kier alpha value is -6.18. The summed E-state index contributed by atoms with van der Waals surface area (Å²) in [6, 6.07) is -22.1. The van der Waals surface area contributed by atoms with E-state index in [0.717, 1.165) is 6.07 Å². The van der Waals surface area contributed by atoms with Gasteiger partial charge in [0, 0.05) is 10.8 Å². The second-order valence-electron chi connectivity index (χ2n) is 10.3. The summed E-state index contributed by atoms with van der Waals surface area (Å²) < 4.78 is 248. The quantitative estimate of drug-likeness (QED) is 0.141. The summed E-state index contributed by atoms with van der Waals surface area (Å²) in [5.41, 5.74) is -5.38. The van der Waals surface area contributed by atoms with E-state index < -0.39 is 245 Å². The van der Waals surface area contributed by atoms with E-state index in [1.165, 1.54) is 0 Å². The van der Waals surface area contributed by atoms with Gasteiger partial charge in [0.2, 0.25) is 0 Å². The Morgan fingerprint density at radius 2 is 0.851 bits per heavy atom. The van der Waals surface area contributed by atoms with Gasteiger partial charge in [-0.2, -0.15) is 0 Å². The largest absolute Gasteiger partial charge is 0.456 e. The lowest BCUT2D eigenvalue weighted by molar-refractivity contribution is 0.669. The molecule has 0 atom stereocenters. The predicted molar refractivity (Wildman–Crippen MR) is 200 cm³/mol. The van der Waals surface area contributed by atoms with Gasteiger partial charge in [-0.1, -0.05) is 145 Å². The average molecular weight is 624 g/mol. The molecule has 218 valence electrons. The lowest BCUT2D eigenvalue weighted by Gasteiger charge is -2.18. The molecule has 0 saturated heterocycles. The standard InChI is InChI=1S/C46H28O/c1-2-10-35-30(9-1)19-22-33-27-32(23-25-36(33)35)29-17-20-31(21-18-29)45-38-12-3-5-14-40(38)46(41-15-6-4-13-39(41)45)34-24-26-44-42(28-34)37-11-7-8-16-43(37)47-44/h1-28H/i1D,2D,3D,4D,5D,6D,7D,8D,9D,10D,11D,12D,13D,14D,15D,16D,17D,18D,19D,20D,21D,22D,23D,24D,26D,27D,28D. The molecule has 0 fully saturated rings. The van der Waals surface area contributed by atoms with Crippen LogP contribution < -0.4 is 0 Å². The highest BCUT2D eigenvalue weighted by atomic mass is 16.3. The first kappa shape index (κ1) is 11.0. The van der Waals surface area contributed by atoms with Crippen LogP contribution in [-0.2, 0) is 0 Å². The van der Waals surface area contributed by atoms with Crippen molar-refractivity contribution in [3.8, 4) is 33.4 Å². The lowest BCUT2D eigenvalue weighted by atomic mass is 9.85. The summed E-state index contributed by atoms with van der Waals surface area (Å²) in [6.07, 6.45) is 0. The fourth-order valence-corrected chi connectivity index (χ4v) is 5.72. The first-order valence-electron chi connectivity index (χ1n) is 27.5. The number of rotatable bonds is 3. The highest BCUT2D eigenvalue weighted by Crippen LogP contribution is 2.45. The van der Waals surface area contributed by atoms with Crippen LogP contribution in [0.2, 0.25) is 0 Å². The van der Waals surface area contributed by atoms with E-state index in [9.17, 15) is 15.1 Å².